The smallest absolute Gasteiger partial charge is 0.307 e. The standard InChI is InChI=1S/C28H29NO4/c1-4-18(2)20-10-12-24-22(14-20)23(16-27(30)31)28(29-24)21-11-13-25(26(15-21)32-3)33-17-19-8-6-5-7-9-19/h5-15,18,29H,4,16-17H2,1-3H3,(H,30,31). The number of ether oxygens (including phenoxy) is 2. The van der Waals surface area contributed by atoms with Crippen molar-refractivity contribution in [2.75, 3.05) is 7.11 Å². The van der Waals surface area contributed by atoms with Gasteiger partial charge in [-0.05, 0) is 59.4 Å². The molecule has 5 nitrogen and oxygen atoms in total. The lowest BCUT2D eigenvalue weighted by molar-refractivity contribution is -0.136. The average molecular weight is 444 g/mol. The van der Waals surface area contributed by atoms with Crippen LogP contribution in [0.15, 0.2) is 66.7 Å². The second-order valence-electron chi connectivity index (χ2n) is 8.30. The van der Waals surface area contributed by atoms with E-state index in [2.05, 4.69) is 31.0 Å². The molecule has 0 bridgehead atoms. The van der Waals surface area contributed by atoms with E-state index >= 15 is 0 Å². The van der Waals surface area contributed by atoms with Crippen LogP contribution in [0, 0.1) is 0 Å². The van der Waals surface area contributed by atoms with E-state index in [0.29, 0.717) is 24.0 Å². The Kier molecular flexibility index (Phi) is 6.68. The van der Waals surface area contributed by atoms with E-state index in [4.69, 9.17) is 9.47 Å². The highest BCUT2D eigenvalue weighted by molar-refractivity contribution is 5.94. The van der Waals surface area contributed by atoms with Crippen molar-refractivity contribution >= 4 is 16.9 Å². The van der Waals surface area contributed by atoms with Crippen molar-refractivity contribution in [1.82, 2.24) is 4.98 Å². The maximum absolute atomic E-state index is 11.7. The van der Waals surface area contributed by atoms with Crippen molar-refractivity contribution in [1.29, 1.82) is 0 Å². The average Bonchev–Trinajstić information content (AvgIpc) is 3.19. The lowest BCUT2D eigenvalue weighted by atomic mass is 9.95. The van der Waals surface area contributed by atoms with E-state index in [-0.39, 0.29) is 6.42 Å². The number of aromatic amines is 1. The molecule has 170 valence electrons. The number of carbonyl (C=O) groups is 1. The van der Waals surface area contributed by atoms with Gasteiger partial charge in [0, 0.05) is 16.5 Å². The molecular weight excluding hydrogens is 414 g/mol. The van der Waals surface area contributed by atoms with Gasteiger partial charge >= 0.3 is 5.97 Å². The second kappa shape index (κ2) is 9.82. The Bertz CT molecular complexity index is 1260. The van der Waals surface area contributed by atoms with Gasteiger partial charge in [-0.3, -0.25) is 4.79 Å². The molecule has 1 unspecified atom stereocenters. The van der Waals surface area contributed by atoms with Crippen LogP contribution in [0.5, 0.6) is 11.5 Å². The molecule has 0 aliphatic carbocycles. The minimum absolute atomic E-state index is 0.0616. The van der Waals surface area contributed by atoms with Gasteiger partial charge in [-0.25, -0.2) is 0 Å². The number of carboxylic acids is 1. The van der Waals surface area contributed by atoms with Gasteiger partial charge in [-0.2, -0.15) is 0 Å². The topological polar surface area (TPSA) is 71.5 Å². The Morgan fingerprint density at radius 3 is 2.52 bits per heavy atom. The van der Waals surface area contributed by atoms with Gasteiger partial charge in [0.05, 0.1) is 19.2 Å². The number of nitrogens with one attached hydrogen (secondary N) is 1. The molecule has 0 aliphatic rings. The molecule has 0 radical (unpaired) electrons. The molecule has 0 saturated heterocycles. The largest absolute Gasteiger partial charge is 0.493 e. The number of carboxylic acid groups (broad SMARTS) is 1. The lowest BCUT2D eigenvalue weighted by Gasteiger charge is -2.13. The van der Waals surface area contributed by atoms with Crippen molar-refractivity contribution in [3.8, 4) is 22.8 Å². The fourth-order valence-corrected chi connectivity index (χ4v) is 4.07. The summed E-state index contributed by atoms with van der Waals surface area (Å²) in [5.74, 6) is 0.788. The van der Waals surface area contributed by atoms with Gasteiger partial charge in [0.2, 0.25) is 0 Å². The number of hydrogen-bond donors (Lipinski definition) is 2. The van der Waals surface area contributed by atoms with E-state index < -0.39 is 5.97 Å². The van der Waals surface area contributed by atoms with Gasteiger partial charge < -0.3 is 19.6 Å². The third kappa shape index (κ3) is 4.87. The van der Waals surface area contributed by atoms with E-state index in [1.807, 2.05) is 54.6 Å². The van der Waals surface area contributed by atoms with E-state index in [9.17, 15) is 9.90 Å². The Hall–Kier alpha value is -3.73. The molecule has 0 saturated carbocycles. The molecule has 33 heavy (non-hydrogen) atoms. The van der Waals surface area contributed by atoms with Crippen LogP contribution in [0.3, 0.4) is 0 Å². The normalized spacial score (nSPS) is 12.0. The zero-order valence-corrected chi connectivity index (χ0v) is 19.2. The van der Waals surface area contributed by atoms with E-state index in [1.54, 1.807) is 7.11 Å². The summed E-state index contributed by atoms with van der Waals surface area (Å²) in [4.78, 5) is 15.1. The molecule has 0 amide bonds. The molecule has 1 heterocycles. The minimum atomic E-state index is -0.860. The van der Waals surface area contributed by atoms with Crippen LogP contribution >= 0.6 is 0 Å². The monoisotopic (exact) mass is 443 g/mol. The van der Waals surface area contributed by atoms with Crippen LogP contribution < -0.4 is 9.47 Å². The summed E-state index contributed by atoms with van der Waals surface area (Å²) in [5.41, 5.74) is 5.64. The van der Waals surface area contributed by atoms with Gasteiger partial charge in [0.15, 0.2) is 11.5 Å². The van der Waals surface area contributed by atoms with Crippen molar-refractivity contribution in [3.05, 3.63) is 83.4 Å². The number of hydrogen-bond acceptors (Lipinski definition) is 3. The van der Waals surface area contributed by atoms with Crippen LogP contribution in [-0.2, 0) is 17.8 Å². The highest BCUT2D eigenvalue weighted by Gasteiger charge is 2.19. The van der Waals surface area contributed by atoms with Crippen LogP contribution in [0.1, 0.15) is 42.9 Å². The number of methoxy groups -OCH3 is 1. The number of benzene rings is 3. The van der Waals surface area contributed by atoms with Crippen molar-refractivity contribution in [2.45, 2.75) is 39.2 Å². The molecule has 3 aromatic carbocycles. The molecular formula is C28H29NO4. The van der Waals surface area contributed by atoms with Crippen molar-refractivity contribution < 1.29 is 19.4 Å². The van der Waals surface area contributed by atoms with Gasteiger partial charge in [0.1, 0.15) is 6.61 Å². The Labute approximate surface area is 194 Å². The van der Waals surface area contributed by atoms with Gasteiger partial charge in [-0.1, -0.05) is 50.2 Å². The quantitative estimate of drug-likeness (QED) is 0.307. The maximum atomic E-state index is 11.7. The Morgan fingerprint density at radius 2 is 1.82 bits per heavy atom. The van der Waals surface area contributed by atoms with Crippen LogP contribution in [0.2, 0.25) is 0 Å². The highest BCUT2D eigenvalue weighted by atomic mass is 16.5. The Balaban J connectivity index is 1.73. The minimum Gasteiger partial charge on any atom is -0.493 e. The predicted octanol–water partition coefficient (Wildman–Crippen LogP) is 6.56. The first-order valence-electron chi connectivity index (χ1n) is 11.2. The summed E-state index contributed by atoms with van der Waals surface area (Å²) in [7, 11) is 1.61. The predicted molar refractivity (Wildman–Crippen MR) is 131 cm³/mol. The number of aromatic nitrogens is 1. The van der Waals surface area contributed by atoms with Crippen LogP contribution in [0.25, 0.3) is 22.2 Å². The number of H-pyrrole nitrogens is 1. The molecule has 1 aromatic heterocycles. The number of fused-ring (bicyclic) bond motifs is 1. The fraction of sp³-hybridized carbons (Fsp3) is 0.250. The van der Waals surface area contributed by atoms with Crippen LogP contribution in [-0.4, -0.2) is 23.2 Å². The molecule has 0 fully saturated rings. The molecule has 5 heteroatoms. The lowest BCUT2D eigenvalue weighted by Crippen LogP contribution is -2.02. The number of aliphatic carboxylic acids is 1. The fourth-order valence-electron chi connectivity index (χ4n) is 4.07. The van der Waals surface area contributed by atoms with Gasteiger partial charge in [0.25, 0.3) is 0 Å². The summed E-state index contributed by atoms with van der Waals surface area (Å²) in [6.07, 6.45) is 0.965. The van der Waals surface area contributed by atoms with Crippen molar-refractivity contribution in [2.24, 2.45) is 0 Å². The van der Waals surface area contributed by atoms with Crippen molar-refractivity contribution in [3.63, 3.8) is 0 Å². The second-order valence-corrected chi connectivity index (χ2v) is 8.30. The first-order chi connectivity index (χ1) is 16.0. The third-order valence-corrected chi connectivity index (χ3v) is 6.13. The molecule has 4 aromatic rings. The Morgan fingerprint density at radius 1 is 1.03 bits per heavy atom. The molecule has 4 rings (SSSR count). The van der Waals surface area contributed by atoms with Crippen LogP contribution in [0.4, 0.5) is 0 Å². The zero-order valence-electron chi connectivity index (χ0n) is 19.2. The summed E-state index contributed by atoms with van der Waals surface area (Å²) >= 11 is 0. The summed E-state index contributed by atoms with van der Waals surface area (Å²) in [6, 6.07) is 21.9. The highest BCUT2D eigenvalue weighted by Crippen LogP contribution is 2.37. The number of rotatable bonds is 9. The zero-order chi connectivity index (χ0) is 23.4. The SMILES string of the molecule is CCC(C)c1ccc2[nH]c(-c3ccc(OCc4ccccc4)c(OC)c3)c(CC(=O)O)c2c1. The first kappa shape index (κ1) is 22.5. The molecule has 0 spiro atoms. The summed E-state index contributed by atoms with van der Waals surface area (Å²) < 4.78 is 11.6. The molecule has 0 aliphatic heterocycles. The van der Waals surface area contributed by atoms with E-state index in [0.717, 1.165) is 39.7 Å². The van der Waals surface area contributed by atoms with Gasteiger partial charge in [-0.15, -0.1) is 0 Å². The first-order valence-corrected chi connectivity index (χ1v) is 11.2. The maximum Gasteiger partial charge on any atom is 0.307 e. The molecule has 1 atom stereocenters. The molecule has 2 N–H and O–H groups in total. The van der Waals surface area contributed by atoms with E-state index in [1.165, 1.54) is 5.56 Å². The third-order valence-electron chi connectivity index (χ3n) is 6.13. The summed E-state index contributed by atoms with van der Waals surface area (Å²) in [5, 5.41) is 10.6. The summed E-state index contributed by atoms with van der Waals surface area (Å²) in [6.45, 7) is 4.78.